The molecule has 0 aliphatic heterocycles. The summed E-state index contributed by atoms with van der Waals surface area (Å²) in [4.78, 5) is 28.1. The molecular formula is C13H16N6O. The second kappa shape index (κ2) is 5.20. The van der Waals surface area contributed by atoms with E-state index >= 15 is 0 Å². The summed E-state index contributed by atoms with van der Waals surface area (Å²) in [6.07, 6.45) is 5.94. The first-order chi connectivity index (χ1) is 9.38. The normalized spacial score (nSPS) is 11.2. The Kier molecular flexibility index (Phi) is 3.60. The zero-order valence-electron chi connectivity index (χ0n) is 11.6. The molecule has 0 atom stereocenters. The fraction of sp³-hybridized carbons (Fsp3) is 0.308. The minimum absolute atomic E-state index is 0.0763. The molecule has 7 nitrogen and oxygen atoms in total. The smallest absolute Gasteiger partial charge is 0.278 e. The van der Waals surface area contributed by atoms with Crippen LogP contribution in [0.5, 0.6) is 0 Å². The molecule has 2 rings (SSSR count). The maximum absolute atomic E-state index is 12.0. The number of carbonyl (C=O) groups is 1. The van der Waals surface area contributed by atoms with Crippen molar-refractivity contribution in [3.8, 4) is 0 Å². The van der Waals surface area contributed by atoms with Gasteiger partial charge in [0.15, 0.2) is 11.5 Å². The Morgan fingerprint density at radius 3 is 2.25 bits per heavy atom. The molecule has 1 amide bonds. The van der Waals surface area contributed by atoms with Crippen LogP contribution < -0.4 is 11.1 Å². The Labute approximate surface area is 116 Å². The molecule has 20 heavy (non-hydrogen) atoms. The van der Waals surface area contributed by atoms with Gasteiger partial charge in [-0.2, -0.15) is 0 Å². The second-order valence-electron chi connectivity index (χ2n) is 5.29. The molecular weight excluding hydrogens is 256 g/mol. The van der Waals surface area contributed by atoms with Gasteiger partial charge in [-0.1, -0.05) is 20.8 Å². The number of nitrogen functional groups attached to an aromatic ring is 1. The van der Waals surface area contributed by atoms with E-state index in [1.165, 1.54) is 12.4 Å². The SMILES string of the molecule is CC(C)(C)c1ncc(NC(=O)c2nccnc2N)cn1. The molecule has 0 unspecified atom stereocenters. The molecule has 2 aromatic rings. The van der Waals surface area contributed by atoms with Crippen molar-refractivity contribution in [2.45, 2.75) is 26.2 Å². The average molecular weight is 272 g/mol. The Hall–Kier alpha value is -2.57. The van der Waals surface area contributed by atoms with Gasteiger partial charge in [-0.3, -0.25) is 4.79 Å². The summed E-state index contributed by atoms with van der Waals surface area (Å²) in [5, 5.41) is 2.63. The highest BCUT2D eigenvalue weighted by atomic mass is 16.1. The number of nitrogens with two attached hydrogens (primary N) is 1. The second-order valence-corrected chi connectivity index (χ2v) is 5.29. The van der Waals surface area contributed by atoms with Gasteiger partial charge in [-0.15, -0.1) is 0 Å². The van der Waals surface area contributed by atoms with Crippen molar-refractivity contribution in [3.05, 3.63) is 36.3 Å². The van der Waals surface area contributed by atoms with Crippen molar-refractivity contribution in [3.63, 3.8) is 0 Å². The first-order valence-corrected chi connectivity index (χ1v) is 6.08. The monoisotopic (exact) mass is 272 g/mol. The molecule has 0 spiro atoms. The van der Waals surface area contributed by atoms with E-state index in [-0.39, 0.29) is 16.9 Å². The van der Waals surface area contributed by atoms with Gasteiger partial charge in [0.25, 0.3) is 5.91 Å². The molecule has 3 N–H and O–H groups in total. The third-order valence-corrected chi connectivity index (χ3v) is 2.52. The Morgan fingerprint density at radius 1 is 1.10 bits per heavy atom. The van der Waals surface area contributed by atoms with Gasteiger partial charge in [0.1, 0.15) is 5.82 Å². The highest BCUT2D eigenvalue weighted by molar-refractivity contribution is 6.05. The summed E-state index contributed by atoms with van der Waals surface area (Å²) >= 11 is 0. The van der Waals surface area contributed by atoms with Gasteiger partial charge in [0, 0.05) is 17.8 Å². The van der Waals surface area contributed by atoms with E-state index in [2.05, 4.69) is 25.3 Å². The summed E-state index contributed by atoms with van der Waals surface area (Å²) in [7, 11) is 0. The van der Waals surface area contributed by atoms with Crippen LogP contribution in [0.2, 0.25) is 0 Å². The number of nitrogens with zero attached hydrogens (tertiary/aromatic N) is 4. The molecule has 0 aromatic carbocycles. The molecule has 104 valence electrons. The van der Waals surface area contributed by atoms with Crippen molar-refractivity contribution in [2.75, 3.05) is 11.1 Å². The van der Waals surface area contributed by atoms with Crippen molar-refractivity contribution in [2.24, 2.45) is 0 Å². The van der Waals surface area contributed by atoms with E-state index in [9.17, 15) is 4.79 Å². The number of rotatable bonds is 2. The van der Waals surface area contributed by atoms with E-state index in [0.717, 1.165) is 0 Å². The predicted octanol–water partition coefficient (Wildman–Crippen LogP) is 1.40. The third-order valence-electron chi connectivity index (χ3n) is 2.52. The van der Waals surface area contributed by atoms with Crippen LogP contribution in [0, 0.1) is 0 Å². The van der Waals surface area contributed by atoms with Crippen LogP contribution in [0.3, 0.4) is 0 Å². The Bertz CT molecular complexity index is 618. The fourth-order valence-corrected chi connectivity index (χ4v) is 1.49. The summed E-state index contributed by atoms with van der Waals surface area (Å²) in [5.74, 6) is 0.342. The molecule has 2 heterocycles. The van der Waals surface area contributed by atoms with Gasteiger partial charge in [0.2, 0.25) is 0 Å². The highest BCUT2D eigenvalue weighted by Gasteiger charge is 2.17. The van der Waals surface area contributed by atoms with Crippen LogP contribution in [-0.4, -0.2) is 25.8 Å². The minimum Gasteiger partial charge on any atom is -0.382 e. The van der Waals surface area contributed by atoms with Crippen LogP contribution in [0.25, 0.3) is 0 Å². The molecule has 0 saturated heterocycles. The number of nitrogens with one attached hydrogen (secondary N) is 1. The number of hydrogen-bond donors (Lipinski definition) is 2. The Morgan fingerprint density at radius 2 is 1.70 bits per heavy atom. The lowest BCUT2D eigenvalue weighted by Gasteiger charge is -2.16. The van der Waals surface area contributed by atoms with E-state index in [1.54, 1.807) is 12.4 Å². The number of carbonyl (C=O) groups excluding carboxylic acids is 1. The average Bonchev–Trinajstić information content (AvgIpc) is 2.38. The zero-order chi connectivity index (χ0) is 14.8. The van der Waals surface area contributed by atoms with Crippen LogP contribution in [0.4, 0.5) is 11.5 Å². The molecule has 2 aromatic heterocycles. The van der Waals surface area contributed by atoms with Gasteiger partial charge in [-0.25, -0.2) is 19.9 Å². The molecule has 7 heteroatoms. The van der Waals surface area contributed by atoms with Crippen molar-refractivity contribution in [1.82, 2.24) is 19.9 Å². The van der Waals surface area contributed by atoms with Gasteiger partial charge >= 0.3 is 0 Å². The maximum atomic E-state index is 12.0. The van der Waals surface area contributed by atoms with E-state index in [1.807, 2.05) is 20.8 Å². The molecule has 0 bridgehead atoms. The predicted molar refractivity (Wildman–Crippen MR) is 75.1 cm³/mol. The van der Waals surface area contributed by atoms with Crippen LogP contribution in [0.15, 0.2) is 24.8 Å². The first-order valence-electron chi connectivity index (χ1n) is 6.08. The summed E-state index contributed by atoms with van der Waals surface area (Å²) < 4.78 is 0. The molecule has 0 radical (unpaired) electrons. The van der Waals surface area contributed by atoms with E-state index in [0.29, 0.717) is 11.5 Å². The van der Waals surface area contributed by atoms with Crippen LogP contribution >= 0.6 is 0 Å². The lowest BCUT2D eigenvalue weighted by atomic mass is 9.96. The summed E-state index contributed by atoms with van der Waals surface area (Å²) in [6, 6.07) is 0. The van der Waals surface area contributed by atoms with E-state index in [4.69, 9.17) is 5.73 Å². The molecule has 0 aliphatic rings. The fourth-order valence-electron chi connectivity index (χ4n) is 1.49. The number of anilines is 2. The van der Waals surface area contributed by atoms with Crippen molar-refractivity contribution in [1.29, 1.82) is 0 Å². The van der Waals surface area contributed by atoms with Gasteiger partial charge in [0.05, 0.1) is 18.1 Å². The number of aromatic nitrogens is 4. The first kappa shape index (κ1) is 13.9. The summed E-state index contributed by atoms with van der Waals surface area (Å²) in [5.41, 5.74) is 6.01. The van der Waals surface area contributed by atoms with Crippen LogP contribution in [0.1, 0.15) is 37.1 Å². The highest BCUT2D eigenvalue weighted by Crippen LogP contribution is 2.18. The zero-order valence-corrected chi connectivity index (χ0v) is 11.6. The molecule has 0 saturated carbocycles. The quantitative estimate of drug-likeness (QED) is 0.855. The Balaban J connectivity index is 2.15. The molecule has 0 fully saturated rings. The van der Waals surface area contributed by atoms with Crippen molar-refractivity contribution < 1.29 is 4.79 Å². The largest absolute Gasteiger partial charge is 0.382 e. The third kappa shape index (κ3) is 3.05. The lowest BCUT2D eigenvalue weighted by Crippen LogP contribution is -2.19. The van der Waals surface area contributed by atoms with Crippen LogP contribution in [-0.2, 0) is 5.41 Å². The number of amides is 1. The van der Waals surface area contributed by atoms with Gasteiger partial charge in [-0.05, 0) is 0 Å². The number of hydrogen-bond acceptors (Lipinski definition) is 6. The lowest BCUT2D eigenvalue weighted by molar-refractivity contribution is 0.102. The van der Waals surface area contributed by atoms with Crippen molar-refractivity contribution >= 4 is 17.4 Å². The summed E-state index contributed by atoms with van der Waals surface area (Å²) in [6.45, 7) is 6.04. The topological polar surface area (TPSA) is 107 Å². The molecule has 0 aliphatic carbocycles. The minimum atomic E-state index is -0.442. The van der Waals surface area contributed by atoms with E-state index < -0.39 is 5.91 Å². The maximum Gasteiger partial charge on any atom is 0.278 e. The standard InChI is InChI=1S/C13H16N6O/c1-13(2,3)12-17-6-8(7-18-12)19-11(20)9-10(14)16-5-4-15-9/h4-7H,1-3H3,(H2,14,16)(H,19,20). The van der Waals surface area contributed by atoms with Gasteiger partial charge < -0.3 is 11.1 Å².